The molecule has 0 aliphatic rings. The molecular weight excluding hydrogens is 372 g/mol. The zero-order valence-corrected chi connectivity index (χ0v) is 13.8. The third kappa shape index (κ3) is 5.58. The number of hydrogen-bond acceptors (Lipinski definition) is 2. The fourth-order valence-electron chi connectivity index (χ4n) is 1.73. The van der Waals surface area contributed by atoms with Crippen LogP contribution in [0, 0.1) is 0 Å². The van der Waals surface area contributed by atoms with Gasteiger partial charge in [0.05, 0.1) is 0 Å². The van der Waals surface area contributed by atoms with E-state index in [2.05, 4.69) is 0 Å². The quantitative estimate of drug-likeness (QED) is 0.457. The van der Waals surface area contributed by atoms with Gasteiger partial charge in [0.2, 0.25) is 0 Å². The fourth-order valence-corrected chi connectivity index (χ4v) is 3.14. The van der Waals surface area contributed by atoms with E-state index >= 15 is 0 Å². The summed E-state index contributed by atoms with van der Waals surface area (Å²) >= 11 is -0.0569. The van der Waals surface area contributed by atoms with Gasteiger partial charge in [0, 0.05) is 0 Å². The molecule has 0 N–H and O–H groups in total. The van der Waals surface area contributed by atoms with Crippen LogP contribution in [0.25, 0.3) is 6.08 Å². The second kappa shape index (κ2) is 7.49. The molecule has 0 amide bonds. The second-order valence-electron chi connectivity index (χ2n) is 4.61. The molecule has 2 aromatic rings. The van der Waals surface area contributed by atoms with Crippen molar-refractivity contribution in [3.05, 3.63) is 64.6 Å². The zero-order chi connectivity index (χ0) is 16.9. The van der Waals surface area contributed by atoms with Crippen molar-refractivity contribution >= 4 is 31.5 Å². The number of esters is 1. The maximum atomic E-state index is 12.5. The molecule has 0 heterocycles. The van der Waals surface area contributed by atoms with Gasteiger partial charge in [-0.3, -0.25) is 0 Å². The van der Waals surface area contributed by atoms with Gasteiger partial charge >= 0.3 is 138 Å². The summed E-state index contributed by atoms with van der Waals surface area (Å²) in [4.78, 5) is 12.7. The maximum absolute atomic E-state index is 12.5. The van der Waals surface area contributed by atoms with E-state index in [1.807, 2.05) is 11.1 Å². The first-order chi connectivity index (χ1) is 10.8. The molecule has 2 rings (SSSR count). The minimum absolute atomic E-state index is 0.0569. The van der Waals surface area contributed by atoms with Gasteiger partial charge < -0.3 is 0 Å². The number of carbonyl (C=O) groups is 1. The zero-order valence-electron chi connectivity index (χ0n) is 12.1. The first-order valence-corrected chi connectivity index (χ1v) is 8.48. The van der Waals surface area contributed by atoms with E-state index in [1.165, 1.54) is 19.1 Å². The first-order valence-electron chi connectivity index (χ1n) is 6.63. The van der Waals surface area contributed by atoms with Gasteiger partial charge in [-0.1, -0.05) is 0 Å². The molecule has 0 aliphatic carbocycles. The van der Waals surface area contributed by atoms with E-state index in [4.69, 9.17) is 4.74 Å². The average molecular weight is 385 g/mol. The third-order valence-corrected chi connectivity index (χ3v) is 4.50. The summed E-state index contributed by atoms with van der Waals surface area (Å²) in [5.41, 5.74) is 0.289. The molecule has 0 spiro atoms. The second-order valence-corrected chi connectivity index (χ2v) is 6.66. The standard InChI is InChI=1S/C17H13F3O2Se/c1-12(21)22-15-6-2-13(3-7-15)10-11-23-16-8-4-14(5-9-16)17(18,19)20/h2-11H,1H3. The van der Waals surface area contributed by atoms with Gasteiger partial charge in [-0.25, -0.2) is 0 Å². The fraction of sp³-hybridized carbons (Fsp3) is 0.118. The Hall–Kier alpha value is -2.04. The van der Waals surface area contributed by atoms with Crippen molar-refractivity contribution in [1.82, 2.24) is 0 Å². The molecular formula is C17H13F3O2Se. The Morgan fingerprint density at radius 2 is 1.65 bits per heavy atom. The molecule has 0 radical (unpaired) electrons. The number of halogens is 3. The summed E-state index contributed by atoms with van der Waals surface area (Å²) in [6.07, 6.45) is -2.42. The molecule has 0 atom stereocenters. The van der Waals surface area contributed by atoms with Crippen LogP contribution >= 0.6 is 0 Å². The Balaban J connectivity index is 1.95. The van der Waals surface area contributed by atoms with Crippen molar-refractivity contribution in [2.75, 3.05) is 0 Å². The molecule has 6 heteroatoms. The van der Waals surface area contributed by atoms with Crippen LogP contribution in [0.4, 0.5) is 13.2 Å². The molecule has 0 unspecified atom stereocenters. The normalized spacial score (nSPS) is 11.7. The number of benzene rings is 2. The topological polar surface area (TPSA) is 26.3 Å². The van der Waals surface area contributed by atoms with Crippen LogP contribution in [0.1, 0.15) is 18.1 Å². The van der Waals surface area contributed by atoms with Gasteiger partial charge in [0.15, 0.2) is 0 Å². The average Bonchev–Trinajstić information content (AvgIpc) is 2.48. The van der Waals surface area contributed by atoms with Gasteiger partial charge in [0.1, 0.15) is 0 Å². The number of hydrogen-bond donors (Lipinski definition) is 0. The van der Waals surface area contributed by atoms with E-state index in [0.717, 1.165) is 22.2 Å². The Morgan fingerprint density at radius 1 is 1.04 bits per heavy atom. The molecule has 0 bridgehead atoms. The molecule has 23 heavy (non-hydrogen) atoms. The van der Waals surface area contributed by atoms with Gasteiger partial charge in [0.25, 0.3) is 0 Å². The summed E-state index contributed by atoms with van der Waals surface area (Å²) in [7, 11) is 0. The van der Waals surface area contributed by atoms with E-state index < -0.39 is 11.7 Å². The first kappa shape index (κ1) is 17.3. The van der Waals surface area contributed by atoms with Crippen LogP contribution in [0.2, 0.25) is 0 Å². The summed E-state index contributed by atoms with van der Waals surface area (Å²) in [5.74, 6) is 0.0989. The summed E-state index contributed by atoms with van der Waals surface area (Å²) in [6, 6.07) is 12.2. The van der Waals surface area contributed by atoms with Crippen molar-refractivity contribution in [3.63, 3.8) is 0 Å². The van der Waals surface area contributed by atoms with E-state index in [-0.39, 0.29) is 20.9 Å². The number of alkyl halides is 3. The van der Waals surface area contributed by atoms with Crippen molar-refractivity contribution in [2.24, 2.45) is 0 Å². The molecule has 0 aromatic heterocycles. The van der Waals surface area contributed by atoms with Gasteiger partial charge in [-0.2, -0.15) is 0 Å². The molecule has 120 valence electrons. The number of ether oxygens (including phenoxy) is 1. The van der Waals surface area contributed by atoms with Crippen molar-refractivity contribution < 1.29 is 22.7 Å². The SMILES string of the molecule is CC(=O)Oc1ccc(C=C[Se]c2ccc(C(F)(F)F)cc2)cc1. The molecule has 2 nitrogen and oxygen atoms in total. The molecule has 0 saturated carbocycles. The van der Waals surface area contributed by atoms with Crippen LogP contribution < -0.4 is 9.20 Å². The Labute approximate surface area is 138 Å². The summed E-state index contributed by atoms with van der Waals surface area (Å²) in [5, 5.41) is 0. The predicted octanol–water partition coefficient (Wildman–Crippen LogP) is 3.63. The van der Waals surface area contributed by atoms with Crippen LogP contribution in [0.3, 0.4) is 0 Å². The molecule has 2 aromatic carbocycles. The summed E-state index contributed by atoms with van der Waals surface area (Å²) < 4.78 is 43.2. The van der Waals surface area contributed by atoms with Crippen molar-refractivity contribution in [3.8, 4) is 5.75 Å². The van der Waals surface area contributed by atoms with E-state index in [0.29, 0.717) is 5.75 Å². The third-order valence-electron chi connectivity index (χ3n) is 2.79. The Kier molecular flexibility index (Phi) is 5.64. The van der Waals surface area contributed by atoms with E-state index in [1.54, 1.807) is 24.3 Å². The molecule has 0 fully saturated rings. The predicted molar refractivity (Wildman–Crippen MR) is 83.6 cm³/mol. The van der Waals surface area contributed by atoms with Crippen molar-refractivity contribution in [1.29, 1.82) is 0 Å². The van der Waals surface area contributed by atoms with E-state index in [9.17, 15) is 18.0 Å². The summed E-state index contributed by atoms with van der Waals surface area (Å²) in [6.45, 7) is 1.33. The molecule has 0 aliphatic heterocycles. The minimum atomic E-state index is -4.30. The van der Waals surface area contributed by atoms with Crippen LogP contribution in [0.5, 0.6) is 5.75 Å². The monoisotopic (exact) mass is 386 g/mol. The van der Waals surface area contributed by atoms with Crippen molar-refractivity contribution in [2.45, 2.75) is 13.1 Å². The van der Waals surface area contributed by atoms with Crippen LogP contribution in [-0.2, 0) is 11.0 Å². The van der Waals surface area contributed by atoms with Gasteiger partial charge in [-0.15, -0.1) is 0 Å². The Morgan fingerprint density at radius 3 is 2.17 bits per heavy atom. The van der Waals surface area contributed by atoms with Gasteiger partial charge in [-0.05, 0) is 0 Å². The van der Waals surface area contributed by atoms with Crippen LogP contribution in [0.15, 0.2) is 53.5 Å². The molecule has 0 saturated heterocycles. The number of carbonyl (C=O) groups excluding carboxylic acids is 1. The number of rotatable bonds is 4. The Bertz CT molecular complexity index is 689. The van der Waals surface area contributed by atoms with Crippen LogP contribution in [-0.4, -0.2) is 20.9 Å².